The normalized spacial score (nSPS) is 14.6. The maximum Gasteiger partial charge on any atom is 0.326 e. The predicted octanol–water partition coefficient (Wildman–Crippen LogP) is -2.82. The number of aliphatic carboxylic acids is 2. The van der Waals surface area contributed by atoms with Gasteiger partial charge in [0.2, 0.25) is 23.6 Å². The fourth-order valence-corrected chi connectivity index (χ4v) is 2.66. The van der Waals surface area contributed by atoms with Crippen molar-refractivity contribution in [3.63, 3.8) is 0 Å². The van der Waals surface area contributed by atoms with Crippen molar-refractivity contribution in [3.8, 4) is 0 Å². The van der Waals surface area contributed by atoms with Gasteiger partial charge in [0.05, 0.1) is 18.9 Å². The van der Waals surface area contributed by atoms with Crippen LogP contribution in [0.1, 0.15) is 33.1 Å². The van der Waals surface area contributed by atoms with Crippen LogP contribution in [-0.4, -0.2) is 75.7 Å². The Morgan fingerprint density at radius 1 is 0.839 bits per heavy atom. The van der Waals surface area contributed by atoms with Crippen LogP contribution in [0.5, 0.6) is 0 Å². The summed E-state index contributed by atoms with van der Waals surface area (Å²) in [6.45, 7) is 3.50. The molecule has 31 heavy (non-hydrogen) atoms. The molecule has 0 saturated carbocycles. The van der Waals surface area contributed by atoms with E-state index >= 15 is 0 Å². The highest BCUT2D eigenvalue weighted by atomic mass is 32.1. The Morgan fingerprint density at radius 3 is 1.74 bits per heavy atom. The van der Waals surface area contributed by atoms with Gasteiger partial charge in [0.25, 0.3) is 0 Å². The van der Waals surface area contributed by atoms with Crippen LogP contribution in [-0.2, 0) is 28.8 Å². The Labute approximate surface area is 184 Å². The first-order valence-electron chi connectivity index (χ1n) is 9.28. The molecule has 4 amide bonds. The number of carbonyl (C=O) groups excluding carboxylic acids is 4. The zero-order valence-electron chi connectivity index (χ0n) is 17.2. The number of carboxylic acids is 2. The molecule has 176 valence electrons. The van der Waals surface area contributed by atoms with Crippen molar-refractivity contribution in [1.29, 1.82) is 0 Å². The largest absolute Gasteiger partial charge is 0.481 e. The summed E-state index contributed by atoms with van der Waals surface area (Å²) in [6.07, 6.45) is -1.20. The van der Waals surface area contributed by atoms with Crippen molar-refractivity contribution in [2.75, 3.05) is 5.75 Å². The molecule has 0 saturated heterocycles. The molecule has 0 aromatic carbocycles. The molecule has 14 heteroatoms. The average molecular weight is 464 g/mol. The highest BCUT2D eigenvalue weighted by molar-refractivity contribution is 7.80. The molecule has 0 radical (unpaired) electrons. The molecule has 13 nitrogen and oxygen atoms in total. The highest BCUT2D eigenvalue weighted by Crippen LogP contribution is 2.06. The van der Waals surface area contributed by atoms with Crippen LogP contribution in [0.2, 0.25) is 0 Å². The van der Waals surface area contributed by atoms with Crippen molar-refractivity contribution in [1.82, 2.24) is 16.0 Å². The van der Waals surface area contributed by atoms with Gasteiger partial charge in [0.15, 0.2) is 0 Å². The summed E-state index contributed by atoms with van der Waals surface area (Å²) in [4.78, 5) is 70.2. The fourth-order valence-electron chi connectivity index (χ4n) is 2.40. The van der Waals surface area contributed by atoms with Gasteiger partial charge in [-0.25, -0.2) is 4.79 Å². The number of carbonyl (C=O) groups is 6. The van der Waals surface area contributed by atoms with Crippen LogP contribution < -0.4 is 27.4 Å². The van der Waals surface area contributed by atoms with Gasteiger partial charge >= 0.3 is 11.9 Å². The number of hydrogen-bond acceptors (Lipinski definition) is 8. The molecule has 0 rings (SSSR count). The summed E-state index contributed by atoms with van der Waals surface area (Å²) in [5.74, 6) is -6.67. The minimum Gasteiger partial charge on any atom is -0.481 e. The molecular formula is C17H29N5O8S. The summed E-state index contributed by atoms with van der Waals surface area (Å²) in [5, 5.41) is 24.6. The lowest BCUT2D eigenvalue weighted by atomic mass is 10.0. The Morgan fingerprint density at radius 2 is 1.32 bits per heavy atom. The van der Waals surface area contributed by atoms with Crippen molar-refractivity contribution in [2.45, 2.75) is 57.3 Å². The van der Waals surface area contributed by atoms with Gasteiger partial charge in [-0.3, -0.25) is 24.0 Å². The van der Waals surface area contributed by atoms with E-state index in [2.05, 4.69) is 28.6 Å². The van der Waals surface area contributed by atoms with E-state index in [9.17, 15) is 33.9 Å². The molecule has 0 aromatic heterocycles. The smallest absolute Gasteiger partial charge is 0.326 e. The minimum absolute atomic E-state index is 0.0654. The Balaban J connectivity index is 5.29. The lowest BCUT2D eigenvalue weighted by molar-refractivity contribution is -0.143. The van der Waals surface area contributed by atoms with Crippen LogP contribution >= 0.6 is 12.6 Å². The topological polar surface area (TPSA) is 231 Å². The predicted molar refractivity (Wildman–Crippen MR) is 111 cm³/mol. The quantitative estimate of drug-likeness (QED) is 0.124. The zero-order chi connectivity index (χ0) is 24.3. The number of rotatable bonds is 14. The van der Waals surface area contributed by atoms with E-state index in [1.807, 2.05) is 0 Å². The second-order valence-corrected chi connectivity index (χ2v) is 7.57. The number of carboxylic acid groups (broad SMARTS) is 2. The summed E-state index contributed by atoms with van der Waals surface area (Å²) in [6, 6.07) is -5.50. The molecule has 0 bridgehead atoms. The number of amides is 4. The SMILES string of the molecule is CC(C)CC(NC(=O)C(CC(N)=O)NC(=O)C(CS)NC(=O)C(N)CC(=O)O)C(=O)O. The second kappa shape index (κ2) is 13.4. The summed E-state index contributed by atoms with van der Waals surface area (Å²) in [5.41, 5.74) is 10.5. The van der Waals surface area contributed by atoms with Gasteiger partial charge in [-0.05, 0) is 12.3 Å². The first-order valence-corrected chi connectivity index (χ1v) is 9.92. The maximum absolute atomic E-state index is 12.5. The average Bonchev–Trinajstić information content (AvgIpc) is 2.62. The first-order chi connectivity index (χ1) is 14.3. The van der Waals surface area contributed by atoms with Crippen LogP contribution in [0, 0.1) is 5.92 Å². The summed E-state index contributed by atoms with van der Waals surface area (Å²) in [7, 11) is 0. The number of hydrogen-bond donors (Lipinski definition) is 8. The van der Waals surface area contributed by atoms with Gasteiger partial charge in [0, 0.05) is 5.75 Å². The molecular weight excluding hydrogens is 434 g/mol. The molecule has 4 unspecified atom stereocenters. The third kappa shape index (κ3) is 11.2. The van der Waals surface area contributed by atoms with E-state index in [1.165, 1.54) is 0 Å². The molecule has 9 N–H and O–H groups in total. The molecule has 0 aromatic rings. The molecule has 0 aliphatic carbocycles. The molecule has 0 aliphatic rings. The Bertz CT molecular complexity index is 702. The molecule has 0 spiro atoms. The van der Waals surface area contributed by atoms with Crippen LogP contribution in [0.4, 0.5) is 0 Å². The van der Waals surface area contributed by atoms with E-state index in [-0.39, 0.29) is 18.1 Å². The number of thiol groups is 1. The van der Waals surface area contributed by atoms with E-state index < -0.39 is 72.6 Å². The second-order valence-electron chi connectivity index (χ2n) is 7.21. The third-order valence-corrected chi connectivity index (χ3v) is 4.27. The van der Waals surface area contributed by atoms with E-state index in [0.717, 1.165) is 0 Å². The van der Waals surface area contributed by atoms with Crippen LogP contribution in [0.3, 0.4) is 0 Å². The molecule has 4 atom stereocenters. The fraction of sp³-hybridized carbons (Fsp3) is 0.647. The Hall–Kier alpha value is -2.87. The van der Waals surface area contributed by atoms with Crippen molar-refractivity contribution >= 4 is 48.2 Å². The van der Waals surface area contributed by atoms with Gasteiger partial charge in [-0.2, -0.15) is 12.6 Å². The van der Waals surface area contributed by atoms with E-state index in [1.54, 1.807) is 13.8 Å². The van der Waals surface area contributed by atoms with Gasteiger partial charge in [0.1, 0.15) is 18.1 Å². The van der Waals surface area contributed by atoms with Crippen LogP contribution in [0.15, 0.2) is 0 Å². The van der Waals surface area contributed by atoms with Gasteiger partial charge < -0.3 is 37.6 Å². The van der Waals surface area contributed by atoms with Crippen molar-refractivity contribution < 1.29 is 39.0 Å². The van der Waals surface area contributed by atoms with Crippen molar-refractivity contribution in [3.05, 3.63) is 0 Å². The third-order valence-electron chi connectivity index (χ3n) is 3.91. The Kier molecular flexibility index (Phi) is 12.2. The number of nitrogens with two attached hydrogens (primary N) is 2. The maximum atomic E-state index is 12.5. The lowest BCUT2D eigenvalue weighted by Crippen LogP contribution is -2.58. The van der Waals surface area contributed by atoms with E-state index in [4.69, 9.17) is 16.6 Å². The molecule has 0 fully saturated rings. The number of primary amides is 1. The van der Waals surface area contributed by atoms with E-state index in [0.29, 0.717) is 0 Å². The van der Waals surface area contributed by atoms with Crippen molar-refractivity contribution in [2.24, 2.45) is 17.4 Å². The molecule has 0 aliphatic heterocycles. The van der Waals surface area contributed by atoms with Gasteiger partial charge in [-0.1, -0.05) is 13.8 Å². The zero-order valence-corrected chi connectivity index (χ0v) is 18.1. The van der Waals surface area contributed by atoms with Crippen LogP contribution in [0.25, 0.3) is 0 Å². The standard InChI is InChI=1S/C17H29N5O8S/c1-7(2)3-10(17(29)30)21-15(27)9(5-12(19)23)20-16(28)11(6-31)22-14(26)8(18)4-13(24)25/h7-11,31H,3-6,18H2,1-2H3,(H2,19,23)(H,20,28)(H,21,27)(H,22,26)(H,24,25)(H,29,30). The minimum atomic E-state index is -1.51. The van der Waals surface area contributed by atoms with Gasteiger partial charge in [-0.15, -0.1) is 0 Å². The molecule has 0 heterocycles. The lowest BCUT2D eigenvalue weighted by Gasteiger charge is -2.24. The number of nitrogens with one attached hydrogen (secondary N) is 3. The summed E-state index contributed by atoms with van der Waals surface area (Å²) < 4.78 is 0. The highest BCUT2D eigenvalue weighted by Gasteiger charge is 2.31. The summed E-state index contributed by atoms with van der Waals surface area (Å²) >= 11 is 3.93. The first kappa shape index (κ1) is 28.1. The monoisotopic (exact) mass is 463 g/mol.